The Bertz CT molecular complexity index is 990. The Morgan fingerprint density at radius 3 is 2.72 bits per heavy atom. The van der Waals surface area contributed by atoms with Crippen molar-refractivity contribution in [3.05, 3.63) is 54.4 Å². The number of pyridine rings is 2. The number of hydrogen-bond acceptors (Lipinski definition) is 7. The summed E-state index contributed by atoms with van der Waals surface area (Å²) in [5, 5.41) is 10.1. The van der Waals surface area contributed by atoms with E-state index in [1.54, 1.807) is 41.6 Å². The predicted octanol–water partition coefficient (Wildman–Crippen LogP) is 2.18. The molecule has 29 heavy (non-hydrogen) atoms. The molecule has 0 aliphatic heterocycles. The summed E-state index contributed by atoms with van der Waals surface area (Å²) in [6.45, 7) is 3.75. The van der Waals surface area contributed by atoms with Crippen LogP contribution in [0.2, 0.25) is 0 Å². The number of rotatable bonds is 8. The first-order chi connectivity index (χ1) is 13.9. The Hall–Kier alpha value is -3.53. The maximum Gasteiger partial charge on any atom is 0.252 e. The third kappa shape index (κ3) is 4.66. The fourth-order valence-electron chi connectivity index (χ4n) is 2.83. The molecule has 3 heterocycles. The van der Waals surface area contributed by atoms with Crippen LogP contribution in [-0.4, -0.2) is 37.7 Å². The van der Waals surface area contributed by atoms with Crippen LogP contribution in [0.3, 0.4) is 0 Å². The first-order valence-corrected chi connectivity index (χ1v) is 9.13. The zero-order valence-corrected chi connectivity index (χ0v) is 16.1. The van der Waals surface area contributed by atoms with E-state index < -0.39 is 11.7 Å². The molecule has 3 rings (SSSR count). The SMILES string of the molecule is CC[C@@H](Nc1nc(Nc2cncc(-n3cccn3)c2)c(C(N)=O)cc1F)[C@H](C)N. The van der Waals surface area contributed by atoms with Gasteiger partial charge in [-0.25, -0.2) is 14.1 Å². The largest absolute Gasteiger partial charge is 0.365 e. The summed E-state index contributed by atoms with van der Waals surface area (Å²) in [4.78, 5) is 20.2. The van der Waals surface area contributed by atoms with Gasteiger partial charge >= 0.3 is 0 Å². The molecule has 9 nitrogen and oxygen atoms in total. The highest BCUT2D eigenvalue weighted by atomic mass is 19.1. The molecule has 0 saturated heterocycles. The maximum absolute atomic E-state index is 14.5. The zero-order valence-electron chi connectivity index (χ0n) is 16.1. The lowest BCUT2D eigenvalue weighted by atomic mass is 10.1. The first kappa shape index (κ1) is 20.2. The minimum atomic E-state index is -0.805. The van der Waals surface area contributed by atoms with E-state index in [1.807, 2.05) is 13.8 Å². The van der Waals surface area contributed by atoms with Crippen molar-refractivity contribution in [2.24, 2.45) is 11.5 Å². The van der Waals surface area contributed by atoms with E-state index in [4.69, 9.17) is 11.5 Å². The summed E-state index contributed by atoms with van der Waals surface area (Å²) in [6.07, 6.45) is 7.27. The normalized spacial score (nSPS) is 13.0. The number of nitrogens with one attached hydrogen (secondary N) is 2. The van der Waals surface area contributed by atoms with Crippen LogP contribution in [0, 0.1) is 5.82 Å². The number of halogens is 1. The van der Waals surface area contributed by atoms with Gasteiger partial charge in [0.2, 0.25) is 0 Å². The summed E-state index contributed by atoms with van der Waals surface area (Å²) in [7, 11) is 0. The molecule has 3 aromatic heterocycles. The van der Waals surface area contributed by atoms with Crippen LogP contribution in [-0.2, 0) is 0 Å². The highest BCUT2D eigenvalue weighted by Gasteiger charge is 2.19. The Kier molecular flexibility index (Phi) is 6.03. The van der Waals surface area contributed by atoms with Crippen LogP contribution < -0.4 is 22.1 Å². The van der Waals surface area contributed by atoms with Crippen molar-refractivity contribution in [3.63, 3.8) is 0 Å². The average molecular weight is 398 g/mol. The Labute approximate surface area is 167 Å². The van der Waals surface area contributed by atoms with Crippen LogP contribution >= 0.6 is 0 Å². The van der Waals surface area contributed by atoms with Crippen molar-refractivity contribution in [2.75, 3.05) is 10.6 Å². The molecule has 152 valence electrons. The molecule has 2 atom stereocenters. The molecule has 10 heteroatoms. The number of aromatic nitrogens is 4. The van der Waals surface area contributed by atoms with E-state index >= 15 is 0 Å². The van der Waals surface area contributed by atoms with Crippen molar-refractivity contribution >= 4 is 23.2 Å². The van der Waals surface area contributed by atoms with Gasteiger partial charge in [0.05, 0.1) is 29.3 Å². The molecule has 0 fully saturated rings. The van der Waals surface area contributed by atoms with Crippen molar-refractivity contribution in [1.29, 1.82) is 0 Å². The minimum Gasteiger partial charge on any atom is -0.365 e. The zero-order chi connectivity index (χ0) is 21.0. The second kappa shape index (κ2) is 8.65. The number of nitrogens with two attached hydrogens (primary N) is 2. The van der Waals surface area contributed by atoms with Crippen LogP contribution in [0.25, 0.3) is 5.69 Å². The van der Waals surface area contributed by atoms with Crippen molar-refractivity contribution < 1.29 is 9.18 Å². The molecule has 0 saturated carbocycles. The van der Waals surface area contributed by atoms with E-state index in [1.165, 1.54) is 0 Å². The number of amides is 1. The summed E-state index contributed by atoms with van der Waals surface area (Å²) in [5.41, 5.74) is 12.5. The lowest BCUT2D eigenvalue weighted by Crippen LogP contribution is -2.38. The molecular formula is C19H23FN8O. The van der Waals surface area contributed by atoms with E-state index in [0.717, 1.165) is 6.07 Å². The van der Waals surface area contributed by atoms with Gasteiger partial charge in [0.25, 0.3) is 5.91 Å². The van der Waals surface area contributed by atoms with Gasteiger partial charge in [-0.1, -0.05) is 6.92 Å². The van der Waals surface area contributed by atoms with Gasteiger partial charge in [-0.3, -0.25) is 9.78 Å². The third-order valence-electron chi connectivity index (χ3n) is 4.39. The van der Waals surface area contributed by atoms with Gasteiger partial charge < -0.3 is 22.1 Å². The lowest BCUT2D eigenvalue weighted by Gasteiger charge is -2.22. The molecular weight excluding hydrogens is 375 g/mol. The smallest absolute Gasteiger partial charge is 0.252 e. The highest BCUT2D eigenvalue weighted by Crippen LogP contribution is 2.25. The van der Waals surface area contributed by atoms with Crippen LogP contribution in [0.5, 0.6) is 0 Å². The van der Waals surface area contributed by atoms with Crippen molar-refractivity contribution in [1.82, 2.24) is 19.7 Å². The van der Waals surface area contributed by atoms with Crippen molar-refractivity contribution in [3.8, 4) is 5.69 Å². The molecule has 3 aromatic rings. The Morgan fingerprint density at radius 1 is 1.31 bits per heavy atom. The Morgan fingerprint density at radius 2 is 2.10 bits per heavy atom. The van der Waals surface area contributed by atoms with E-state index in [9.17, 15) is 9.18 Å². The summed E-state index contributed by atoms with van der Waals surface area (Å²) >= 11 is 0. The van der Waals surface area contributed by atoms with Gasteiger partial charge in [-0.05, 0) is 31.5 Å². The average Bonchev–Trinajstić information content (AvgIpc) is 3.22. The number of primary amides is 1. The molecule has 0 bridgehead atoms. The minimum absolute atomic E-state index is 0.0159. The fraction of sp³-hybridized carbons (Fsp3) is 0.263. The molecule has 0 spiro atoms. The summed E-state index contributed by atoms with van der Waals surface area (Å²) in [6, 6.07) is 4.20. The van der Waals surface area contributed by atoms with Crippen LogP contribution in [0.4, 0.5) is 21.7 Å². The van der Waals surface area contributed by atoms with Crippen LogP contribution in [0.15, 0.2) is 43.0 Å². The summed E-state index contributed by atoms with van der Waals surface area (Å²) in [5.74, 6) is -1.40. The van der Waals surface area contributed by atoms with Crippen LogP contribution in [0.1, 0.15) is 30.6 Å². The van der Waals surface area contributed by atoms with E-state index in [-0.39, 0.29) is 29.3 Å². The standard InChI is InChI=1S/C19H23FN8O/c1-3-16(11(2)21)26-19-15(20)8-14(17(22)29)18(27-19)25-12-7-13(10-23-9-12)28-6-4-5-24-28/h4-11,16H,3,21H2,1-2H3,(H2,22,29)(H2,25,26,27)/t11-,16+/m0/s1. The predicted molar refractivity (Wildman–Crippen MR) is 109 cm³/mol. The fourth-order valence-corrected chi connectivity index (χ4v) is 2.83. The highest BCUT2D eigenvalue weighted by molar-refractivity contribution is 5.98. The molecule has 0 aromatic carbocycles. The number of carbonyl (C=O) groups is 1. The quantitative estimate of drug-likeness (QED) is 0.456. The number of nitrogens with zero attached hydrogens (tertiary/aromatic N) is 4. The molecule has 0 aliphatic rings. The second-order valence-electron chi connectivity index (χ2n) is 6.60. The number of carbonyl (C=O) groups excluding carboxylic acids is 1. The van der Waals surface area contributed by atoms with Gasteiger partial charge in [-0.15, -0.1) is 0 Å². The molecule has 0 radical (unpaired) electrons. The topological polar surface area (TPSA) is 137 Å². The number of anilines is 3. The maximum atomic E-state index is 14.5. The van der Waals surface area contributed by atoms with Gasteiger partial charge in [-0.2, -0.15) is 5.10 Å². The first-order valence-electron chi connectivity index (χ1n) is 9.13. The number of hydrogen-bond donors (Lipinski definition) is 4. The summed E-state index contributed by atoms with van der Waals surface area (Å²) < 4.78 is 16.1. The van der Waals surface area contributed by atoms with Gasteiger partial charge in [0.1, 0.15) is 5.82 Å². The van der Waals surface area contributed by atoms with Gasteiger partial charge in [0, 0.05) is 24.5 Å². The molecule has 0 aliphatic carbocycles. The Balaban J connectivity index is 1.96. The molecule has 1 amide bonds. The molecule has 6 N–H and O–H groups in total. The van der Waals surface area contributed by atoms with E-state index in [2.05, 4.69) is 25.7 Å². The molecule has 0 unspecified atom stereocenters. The van der Waals surface area contributed by atoms with Gasteiger partial charge in [0.15, 0.2) is 11.6 Å². The monoisotopic (exact) mass is 398 g/mol. The van der Waals surface area contributed by atoms with E-state index in [0.29, 0.717) is 17.8 Å². The van der Waals surface area contributed by atoms with Crippen molar-refractivity contribution in [2.45, 2.75) is 32.4 Å². The second-order valence-corrected chi connectivity index (χ2v) is 6.60. The lowest BCUT2D eigenvalue weighted by molar-refractivity contribution is 0.100. The third-order valence-corrected chi connectivity index (χ3v) is 4.39.